The number of methoxy groups -OCH3 is 1. The molecule has 0 fully saturated rings. The van der Waals surface area contributed by atoms with Gasteiger partial charge in [0.15, 0.2) is 5.75 Å². The van der Waals surface area contributed by atoms with Crippen molar-refractivity contribution in [2.75, 3.05) is 7.11 Å². The third kappa shape index (κ3) is 3.22. The minimum Gasteiger partial charge on any atom is -0.497 e. The molecule has 0 bridgehead atoms. The molecule has 2 rings (SSSR count). The molecule has 0 atom stereocenters. The number of hydrogen-bond donors (Lipinski definition) is 1. The van der Waals surface area contributed by atoms with Gasteiger partial charge in [-0.25, -0.2) is 4.79 Å². The van der Waals surface area contributed by atoms with Crippen molar-refractivity contribution >= 4 is 17.6 Å². The van der Waals surface area contributed by atoms with Crippen LogP contribution in [0, 0.1) is 0 Å². The van der Waals surface area contributed by atoms with Gasteiger partial charge in [0.2, 0.25) is 0 Å². The molecule has 0 spiro atoms. The van der Waals surface area contributed by atoms with E-state index in [9.17, 15) is 4.79 Å². The van der Waals surface area contributed by atoms with Crippen LogP contribution in [0.3, 0.4) is 0 Å². The van der Waals surface area contributed by atoms with Gasteiger partial charge in [-0.1, -0.05) is 29.8 Å². The van der Waals surface area contributed by atoms with E-state index in [1.807, 2.05) is 24.3 Å². The number of para-hydroxylation sites is 1. The van der Waals surface area contributed by atoms with Crippen molar-refractivity contribution in [3.63, 3.8) is 0 Å². The molecule has 0 radical (unpaired) electrons. The fraction of sp³-hybridized carbons (Fsp3) is 0.133. The maximum absolute atomic E-state index is 11.1. The number of rotatable bonds is 5. The van der Waals surface area contributed by atoms with E-state index in [1.165, 1.54) is 6.07 Å². The topological polar surface area (TPSA) is 55.8 Å². The maximum Gasteiger partial charge on any atom is 0.339 e. The Labute approximate surface area is 121 Å². The van der Waals surface area contributed by atoms with Crippen LogP contribution in [0.25, 0.3) is 0 Å². The molecule has 2 aromatic rings. The smallest absolute Gasteiger partial charge is 0.339 e. The second-order valence-corrected chi connectivity index (χ2v) is 4.47. The number of benzene rings is 2. The van der Waals surface area contributed by atoms with Gasteiger partial charge in [-0.3, -0.25) is 0 Å². The van der Waals surface area contributed by atoms with Gasteiger partial charge >= 0.3 is 5.97 Å². The molecule has 2 aromatic carbocycles. The zero-order valence-electron chi connectivity index (χ0n) is 10.8. The number of carboxylic acid groups (broad SMARTS) is 1. The fourth-order valence-corrected chi connectivity index (χ4v) is 1.97. The number of aromatic carboxylic acids is 1. The molecule has 0 aliphatic carbocycles. The van der Waals surface area contributed by atoms with Gasteiger partial charge < -0.3 is 14.6 Å². The minimum absolute atomic E-state index is 0.0420. The summed E-state index contributed by atoms with van der Waals surface area (Å²) in [4.78, 5) is 11.1. The van der Waals surface area contributed by atoms with Crippen LogP contribution < -0.4 is 9.47 Å². The molecule has 0 heterocycles. The molecule has 0 aliphatic heterocycles. The van der Waals surface area contributed by atoms with Gasteiger partial charge in [0.25, 0.3) is 0 Å². The van der Waals surface area contributed by atoms with Crippen LogP contribution in [-0.4, -0.2) is 18.2 Å². The second-order valence-electron chi connectivity index (χ2n) is 4.06. The zero-order valence-corrected chi connectivity index (χ0v) is 11.6. The molecule has 5 heteroatoms. The summed E-state index contributed by atoms with van der Waals surface area (Å²) >= 11 is 5.99. The Morgan fingerprint density at radius 2 is 2.00 bits per heavy atom. The highest BCUT2D eigenvalue weighted by Crippen LogP contribution is 2.29. The average Bonchev–Trinajstić information content (AvgIpc) is 2.45. The van der Waals surface area contributed by atoms with Crippen molar-refractivity contribution in [2.45, 2.75) is 6.61 Å². The summed E-state index contributed by atoms with van der Waals surface area (Å²) in [6, 6.07) is 12.0. The average molecular weight is 293 g/mol. The van der Waals surface area contributed by atoms with Gasteiger partial charge in [-0.2, -0.15) is 0 Å². The lowest BCUT2D eigenvalue weighted by Crippen LogP contribution is -2.04. The Morgan fingerprint density at radius 3 is 2.70 bits per heavy atom. The van der Waals surface area contributed by atoms with E-state index in [-0.39, 0.29) is 22.9 Å². The number of carboxylic acids is 1. The third-order valence-corrected chi connectivity index (χ3v) is 3.01. The first-order valence-corrected chi connectivity index (χ1v) is 6.27. The first kappa shape index (κ1) is 14.2. The van der Waals surface area contributed by atoms with Gasteiger partial charge in [-0.05, 0) is 29.8 Å². The maximum atomic E-state index is 11.1. The minimum atomic E-state index is -1.08. The first-order valence-electron chi connectivity index (χ1n) is 5.89. The van der Waals surface area contributed by atoms with Crippen LogP contribution >= 0.6 is 11.6 Å². The van der Waals surface area contributed by atoms with Gasteiger partial charge in [0, 0.05) is 0 Å². The second kappa shape index (κ2) is 6.30. The highest BCUT2D eigenvalue weighted by atomic mass is 35.5. The Kier molecular flexibility index (Phi) is 4.48. The highest BCUT2D eigenvalue weighted by Gasteiger charge is 2.14. The number of carbonyl (C=O) groups is 1. The van der Waals surface area contributed by atoms with Crippen LogP contribution in [0.5, 0.6) is 11.5 Å². The summed E-state index contributed by atoms with van der Waals surface area (Å²) in [7, 11) is 1.58. The lowest BCUT2D eigenvalue weighted by Gasteiger charge is -2.11. The van der Waals surface area contributed by atoms with E-state index < -0.39 is 5.97 Å². The van der Waals surface area contributed by atoms with Gasteiger partial charge in [0.05, 0.1) is 12.1 Å². The lowest BCUT2D eigenvalue weighted by atomic mass is 10.2. The summed E-state index contributed by atoms with van der Waals surface area (Å²) in [5.41, 5.74) is 0.904. The fourth-order valence-electron chi connectivity index (χ4n) is 1.74. The van der Waals surface area contributed by atoms with Crippen molar-refractivity contribution in [3.8, 4) is 11.5 Å². The monoisotopic (exact) mass is 292 g/mol. The molecule has 0 aromatic heterocycles. The standard InChI is InChI=1S/C15H13ClO4/c1-19-11-5-2-4-10(8-11)9-20-14-12(15(17)18)6-3-7-13(14)16/h2-8H,9H2,1H3,(H,17,18). The van der Waals surface area contributed by atoms with E-state index in [0.717, 1.165) is 5.56 Å². The molecule has 0 saturated heterocycles. The molecule has 0 saturated carbocycles. The van der Waals surface area contributed by atoms with E-state index in [2.05, 4.69) is 0 Å². The quantitative estimate of drug-likeness (QED) is 0.914. The van der Waals surface area contributed by atoms with Crippen LogP contribution in [0.1, 0.15) is 15.9 Å². The Balaban J connectivity index is 2.20. The molecule has 4 nitrogen and oxygen atoms in total. The molecular formula is C15H13ClO4. The Hall–Kier alpha value is -2.20. The predicted octanol–water partition coefficient (Wildman–Crippen LogP) is 3.63. The normalized spacial score (nSPS) is 10.1. The van der Waals surface area contributed by atoms with E-state index in [0.29, 0.717) is 5.75 Å². The lowest BCUT2D eigenvalue weighted by molar-refractivity contribution is 0.0691. The summed E-state index contributed by atoms with van der Waals surface area (Å²) in [6.07, 6.45) is 0. The van der Waals surface area contributed by atoms with Crippen molar-refractivity contribution in [2.24, 2.45) is 0 Å². The van der Waals surface area contributed by atoms with Crippen molar-refractivity contribution < 1.29 is 19.4 Å². The molecule has 0 unspecified atom stereocenters. The predicted molar refractivity (Wildman–Crippen MR) is 75.7 cm³/mol. The van der Waals surface area contributed by atoms with Crippen molar-refractivity contribution in [3.05, 3.63) is 58.6 Å². The molecule has 1 N–H and O–H groups in total. The summed E-state index contributed by atoms with van der Waals surface area (Å²) in [5.74, 6) is -0.193. The van der Waals surface area contributed by atoms with Crippen LogP contribution in [0.2, 0.25) is 5.02 Å². The molecule has 104 valence electrons. The molecular weight excluding hydrogens is 280 g/mol. The van der Waals surface area contributed by atoms with Crippen molar-refractivity contribution in [1.29, 1.82) is 0 Å². The van der Waals surface area contributed by atoms with Crippen LogP contribution in [0.4, 0.5) is 0 Å². The number of hydrogen-bond acceptors (Lipinski definition) is 3. The van der Waals surface area contributed by atoms with Gasteiger partial charge in [0.1, 0.15) is 17.9 Å². The summed E-state index contributed by atoms with van der Waals surface area (Å²) < 4.78 is 10.7. The van der Waals surface area contributed by atoms with E-state index in [1.54, 1.807) is 19.2 Å². The Morgan fingerprint density at radius 1 is 1.25 bits per heavy atom. The molecule has 0 amide bonds. The highest BCUT2D eigenvalue weighted by molar-refractivity contribution is 6.32. The zero-order chi connectivity index (χ0) is 14.5. The third-order valence-electron chi connectivity index (χ3n) is 2.71. The van der Waals surface area contributed by atoms with Gasteiger partial charge in [-0.15, -0.1) is 0 Å². The first-order chi connectivity index (χ1) is 9.61. The summed E-state index contributed by atoms with van der Waals surface area (Å²) in [6.45, 7) is 0.210. The Bertz CT molecular complexity index is 625. The SMILES string of the molecule is COc1cccc(COc2c(Cl)cccc2C(=O)O)c1. The molecule has 20 heavy (non-hydrogen) atoms. The largest absolute Gasteiger partial charge is 0.497 e. The number of ether oxygens (including phenoxy) is 2. The van der Waals surface area contributed by atoms with E-state index in [4.69, 9.17) is 26.2 Å². The van der Waals surface area contributed by atoms with Crippen LogP contribution in [0.15, 0.2) is 42.5 Å². The van der Waals surface area contributed by atoms with Crippen molar-refractivity contribution in [1.82, 2.24) is 0 Å². The summed E-state index contributed by atoms with van der Waals surface area (Å²) in [5, 5.41) is 9.38. The van der Waals surface area contributed by atoms with E-state index >= 15 is 0 Å². The van der Waals surface area contributed by atoms with Crippen LogP contribution in [-0.2, 0) is 6.61 Å². The number of halogens is 1. The molecule has 0 aliphatic rings.